The van der Waals surface area contributed by atoms with Crippen LogP contribution >= 0.6 is 0 Å². The van der Waals surface area contributed by atoms with Crippen molar-refractivity contribution in [2.75, 3.05) is 19.8 Å². The lowest BCUT2D eigenvalue weighted by Gasteiger charge is -2.38. The number of hydrogen-bond donors (Lipinski definition) is 6. The van der Waals surface area contributed by atoms with E-state index in [4.69, 9.17) is 33.5 Å². The molecule has 4 heterocycles. The number of ether oxygens (including phenoxy) is 6. The second-order valence-electron chi connectivity index (χ2n) is 20.5. The first kappa shape index (κ1) is 57.8. The lowest BCUT2D eigenvalue weighted by atomic mass is 9.85. The van der Waals surface area contributed by atoms with Gasteiger partial charge in [-0.2, -0.15) is 0 Å². The molecule has 16 nitrogen and oxygen atoms in total. The van der Waals surface area contributed by atoms with Gasteiger partial charge >= 0.3 is 17.9 Å². The highest BCUT2D eigenvalue weighted by Gasteiger charge is 2.50. The third kappa shape index (κ3) is 20.1. The molecule has 4 aliphatic heterocycles. The maximum atomic E-state index is 12.7. The van der Waals surface area contributed by atoms with E-state index in [9.17, 15) is 44.7 Å². The van der Waals surface area contributed by atoms with Crippen molar-refractivity contribution in [2.24, 2.45) is 23.7 Å². The third-order valence-electron chi connectivity index (χ3n) is 14.5. The van der Waals surface area contributed by atoms with Crippen LogP contribution < -0.4 is 0 Å². The molecule has 0 radical (unpaired) electrons. The zero-order valence-corrected chi connectivity index (χ0v) is 41.7. The first-order valence-corrected chi connectivity index (χ1v) is 25.8. The van der Waals surface area contributed by atoms with Gasteiger partial charge in [-0.05, 0) is 85.1 Å². The fourth-order valence-electron chi connectivity index (χ4n) is 9.67. The van der Waals surface area contributed by atoms with Gasteiger partial charge in [-0.15, -0.1) is 0 Å². The van der Waals surface area contributed by atoms with Crippen LogP contribution in [0.25, 0.3) is 0 Å². The molecule has 1 unspecified atom stereocenters. The van der Waals surface area contributed by atoms with Gasteiger partial charge in [-0.3, -0.25) is 14.4 Å². The van der Waals surface area contributed by atoms with Gasteiger partial charge in [0.25, 0.3) is 0 Å². The first-order chi connectivity index (χ1) is 32.4. The summed E-state index contributed by atoms with van der Waals surface area (Å²) in [6, 6.07) is 0. The summed E-state index contributed by atoms with van der Waals surface area (Å²) in [6.45, 7) is 12.0. The van der Waals surface area contributed by atoms with Crippen LogP contribution in [0.2, 0.25) is 0 Å². The second kappa shape index (κ2) is 29.5. The summed E-state index contributed by atoms with van der Waals surface area (Å²) in [7, 11) is 0. The Kier molecular flexibility index (Phi) is 25.1. The molecule has 0 saturated carbocycles. The molecular formula is C52H86O16. The highest BCUT2D eigenvalue weighted by molar-refractivity contribution is 5.90. The molecule has 68 heavy (non-hydrogen) atoms. The van der Waals surface area contributed by atoms with E-state index in [0.717, 1.165) is 69.8 Å². The van der Waals surface area contributed by atoms with Gasteiger partial charge in [-0.1, -0.05) is 76.4 Å². The number of rotatable bonds is 33. The number of carbonyl (C=O) groups excluding carboxylic acids is 3. The van der Waals surface area contributed by atoms with Crippen molar-refractivity contribution in [3.05, 3.63) is 23.3 Å². The Morgan fingerprint density at radius 2 is 1.04 bits per heavy atom. The predicted molar refractivity (Wildman–Crippen MR) is 252 cm³/mol. The molecule has 0 aromatic rings. The van der Waals surface area contributed by atoms with Crippen LogP contribution in [-0.4, -0.2) is 147 Å². The summed E-state index contributed by atoms with van der Waals surface area (Å²) in [5.41, 5.74) is 1.48. The van der Waals surface area contributed by atoms with Crippen molar-refractivity contribution in [3.63, 3.8) is 0 Å². The third-order valence-corrected chi connectivity index (χ3v) is 14.5. The molecule has 0 aromatic carbocycles. The number of allylic oxidation sites excluding steroid dienone is 1. The van der Waals surface area contributed by atoms with E-state index in [-0.39, 0.29) is 85.4 Å². The van der Waals surface area contributed by atoms with E-state index in [1.807, 2.05) is 27.7 Å². The van der Waals surface area contributed by atoms with Crippen LogP contribution in [0.5, 0.6) is 0 Å². The molecule has 16 heteroatoms. The van der Waals surface area contributed by atoms with Crippen molar-refractivity contribution in [2.45, 2.75) is 237 Å². The fraction of sp³-hybridized carbons (Fsp3) is 0.846. The number of ketones is 1. The number of carbonyl (C=O) groups is 4. The van der Waals surface area contributed by atoms with Crippen molar-refractivity contribution in [1.29, 1.82) is 0 Å². The van der Waals surface area contributed by atoms with Gasteiger partial charge in [-0.25, -0.2) is 4.79 Å². The number of aliphatic carboxylic acids is 1. The second-order valence-corrected chi connectivity index (χ2v) is 20.5. The topological polar surface area (TPSA) is 252 Å². The Hall–Kier alpha value is -2.80. The van der Waals surface area contributed by atoms with E-state index in [1.165, 1.54) is 6.08 Å². The van der Waals surface area contributed by atoms with Crippen LogP contribution in [0.1, 0.15) is 164 Å². The quantitative estimate of drug-likeness (QED) is 0.0189. The minimum atomic E-state index is -1.13. The van der Waals surface area contributed by atoms with Crippen molar-refractivity contribution >= 4 is 23.7 Å². The molecule has 6 N–H and O–H groups in total. The number of aliphatic hydroxyl groups excluding tert-OH is 5. The molecule has 4 rings (SSSR count). The number of epoxide rings is 2. The van der Waals surface area contributed by atoms with Gasteiger partial charge < -0.3 is 59.1 Å². The molecule has 4 aliphatic rings. The predicted octanol–water partition coefficient (Wildman–Crippen LogP) is 6.08. The molecule has 0 bridgehead atoms. The van der Waals surface area contributed by atoms with E-state index in [2.05, 4.69) is 0 Å². The highest BCUT2D eigenvalue weighted by atomic mass is 16.6. The van der Waals surface area contributed by atoms with Crippen molar-refractivity contribution in [1.82, 2.24) is 0 Å². The molecule has 390 valence electrons. The van der Waals surface area contributed by atoms with Gasteiger partial charge in [0.15, 0.2) is 5.78 Å². The van der Waals surface area contributed by atoms with Gasteiger partial charge in [0.2, 0.25) is 0 Å². The molecule has 0 amide bonds. The summed E-state index contributed by atoms with van der Waals surface area (Å²) < 4.78 is 34.6. The fourth-order valence-corrected chi connectivity index (χ4v) is 9.67. The summed E-state index contributed by atoms with van der Waals surface area (Å²) >= 11 is 0. The summed E-state index contributed by atoms with van der Waals surface area (Å²) in [6.07, 6.45) is 9.26. The molecule has 4 fully saturated rings. The standard InChI is InChI=1S/C52H86O16/c1-31(24-40-49(61)47(59)37(29-64-40)27-42-51(67-42)33(3)35(5)53)23-39(54)19-15-11-7-8-13-17-21-45(57)66-36(6)34(4)52-43(68-52)28-38-30-65-41(50(62)48(38)60)25-32(2)26-46(58)63-22-18-14-10-9-12-16-20-44(55)56/h23,26,33-38,40-43,47-53,59-62H,7-22,24-25,27-30H2,1-6H3,(H,55,56)/b31-23+,32-26+/t33-,34-,35-,36-,37-,38?,40-,41-,42-,43-,47+,48+,49-,50-,51-,52-/m0/s1. The maximum absolute atomic E-state index is 12.7. The summed E-state index contributed by atoms with van der Waals surface area (Å²) in [4.78, 5) is 48.2. The molecule has 0 aliphatic carbocycles. The molecule has 0 aromatic heterocycles. The van der Waals surface area contributed by atoms with Gasteiger partial charge in [0.05, 0.1) is 74.8 Å². The van der Waals surface area contributed by atoms with E-state index >= 15 is 0 Å². The zero-order valence-electron chi connectivity index (χ0n) is 41.7. The monoisotopic (exact) mass is 967 g/mol. The van der Waals surface area contributed by atoms with Crippen LogP contribution in [-0.2, 0) is 47.6 Å². The minimum Gasteiger partial charge on any atom is -0.481 e. The Morgan fingerprint density at radius 3 is 1.56 bits per heavy atom. The van der Waals surface area contributed by atoms with E-state index < -0.39 is 54.7 Å². The first-order valence-electron chi connectivity index (χ1n) is 25.8. The average molecular weight is 967 g/mol. The van der Waals surface area contributed by atoms with Gasteiger partial charge in [0.1, 0.15) is 18.3 Å². The largest absolute Gasteiger partial charge is 0.481 e. The maximum Gasteiger partial charge on any atom is 0.330 e. The number of aliphatic hydroxyl groups is 5. The SMILES string of the molecule is C/C(=C\C(=O)CCCCCCCCC(=O)O[C@@H](C)[C@H](C)[C@@H]1O[C@H]1CC1CO[C@@H](C/C(C)=C/C(=O)OCCCCCCCCC(=O)O)[C@H](O)[C@@H]1O)C[C@@H]1OC[C@H](C[C@@H]2O[C@H]2[C@@H](C)[C@H](C)O)[C@@H](O)[C@H]1O. The van der Waals surface area contributed by atoms with E-state index in [0.29, 0.717) is 63.7 Å². The smallest absolute Gasteiger partial charge is 0.330 e. The average Bonchev–Trinajstić information content (AvgIpc) is 4.22. The molecule has 4 saturated heterocycles. The van der Waals surface area contributed by atoms with Gasteiger partial charge in [0, 0.05) is 49.0 Å². The number of esters is 2. The summed E-state index contributed by atoms with van der Waals surface area (Å²) in [5, 5.41) is 62.0. The lowest BCUT2D eigenvalue weighted by molar-refractivity contribution is -0.165. The number of hydrogen-bond acceptors (Lipinski definition) is 15. The van der Waals surface area contributed by atoms with Crippen LogP contribution in [0, 0.1) is 23.7 Å². The molecule has 0 spiro atoms. The number of unbranched alkanes of at least 4 members (excludes halogenated alkanes) is 10. The van der Waals surface area contributed by atoms with E-state index in [1.54, 1.807) is 19.9 Å². The van der Waals surface area contributed by atoms with Crippen molar-refractivity contribution in [3.8, 4) is 0 Å². The van der Waals surface area contributed by atoms with Crippen LogP contribution in [0.3, 0.4) is 0 Å². The number of carboxylic acids is 1. The number of carboxylic acid groups (broad SMARTS) is 1. The minimum absolute atomic E-state index is 0.000591. The highest BCUT2D eigenvalue weighted by Crippen LogP contribution is 2.40. The van der Waals surface area contributed by atoms with Crippen molar-refractivity contribution < 1.29 is 78.2 Å². The Labute approximate surface area is 404 Å². The Balaban J connectivity index is 0.992. The van der Waals surface area contributed by atoms with Crippen LogP contribution in [0.4, 0.5) is 0 Å². The lowest BCUT2D eigenvalue weighted by Crippen LogP contribution is -2.50. The molecule has 16 atom stereocenters. The zero-order chi connectivity index (χ0) is 49.9. The van der Waals surface area contributed by atoms with Crippen LogP contribution in [0.15, 0.2) is 23.3 Å². The Morgan fingerprint density at radius 1 is 0.588 bits per heavy atom. The molecular weight excluding hydrogens is 881 g/mol. The Bertz CT molecular complexity index is 1610. The summed E-state index contributed by atoms with van der Waals surface area (Å²) in [5.74, 6) is -2.11. The normalized spacial score (nSPS) is 31.3.